The van der Waals surface area contributed by atoms with Crippen LogP contribution in [0.2, 0.25) is 0 Å². The largest absolute Gasteiger partial charge is 0.480 e. The molecule has 1 aliphatic heterocycles. The zero-order valence-electron chi connectivity index (χ0n) is 10.2. The summed E-state index contributed by atoms with van der Waals surface area (Å²) in [4.78, 5) is 24.2. The van der Waals surface area contributed by atoms with Gasteiger partial charge in [-0.05, 0) is 6.42 Å². The minimum Gasteiger partial charge on any atom is -0.480 e. The van der Waals surface area contributed by atoms with E-state index in [9.17, 15) is 9.59 Å². The third-order valence-corrected chi connectivity index (χ3v) is 3.40. The van der Waals surface area contributed by atoms with Gasteiger partial charge in [0.25, 0.3) is 0 Å². The van der Waals surface area contributed by atoms with E-state index >= 15 is 0 Å². The van der Waals surface area contributed by atoms with Crippen molar-refractivity contribution in [3.8, 4) is 0 Å². The number of unbranched alkanes of at least 4 members (excludes halogenated alkanes) is 3. The number of halogens is 1. The van der Waals surface area contributed by atoms with E-state index in [4.69, 9.17) is 16.7 Å². The van der Waals surface area contributed by atoms with Crippen LogP contribution in [0.25, 0.3) is 0 Å². The number of aliphatic carboxylic acids is 1. The lowest BCUT2D eigenvalue weighted by molar-refractivity contribution is -0.148. The fourth-order valence-corrected chi connectivity index (χ4v) is 2.45. The second-order valence-electron chi connectivity index (χ2n) is 4.55. The maximum atomic E-state index is 11.6. The molecule has 1 heterocycles. The predicted octanol–water partition coefficient (Wildman–Crippen LogP) is 2.25. The van der Waals surface area contributed by atoms with Gasteiger partial charge in [0.1, 0.15) is 6.04 Å². The molecule has 1 fully saturated rings. The molecule has 0 aromatic carbocycles. The van der Waals surface area contributed by atoms with Crippen LogP contribution in [0.1, 0.15) is 45.4 Å². The highest BCUT2D eigenvalue weighted by molar-refractivity contribution is 6.22. The maximum absolute atomic E-state index is 11.6. The Bertz CT molecular complexity index is 283. The summed E-state index contributed by atoms with van der Waals surface area (Å²) in [6.45, 7) is 2.47. The number of amides is 1. The Morgan fingerprint density at radius 1 is 1.53 bits per heavy atom. The topological polar surface area (TPSA) is 57.6 Å². The third kappa shape index (κ3) is 4.19. The molecule has 0 saturated carbocycles. The Kier molecular flexibility index (Phi) is 5.75. The molecular formula is C12H20ClNO3. The number of carboxylic acid groups (broad SMARTS) is 1. The molecule has 1 N–H and O–H groups in total. The van der Waals surface area contributed by atoms with Crippen LogP contribution in [0, 0.1) is 0 Å². The number of hydrogen-bond acceptors (Lipinski definition) is 2. The first-order valence-electron chi connectivity index (χ1n) is 6.22. The van der Waals surface area contributed by atoms with Gasteiger partial charge in [-0.15, -0.1) is 11.6 Å². The van der Waals surface area contributed by atoms with E-state index in [-0.39, 0.29) is 17.7 Å². The Labute approximate surface area is 107 Å². The molecule has 2 atom stereocenters. The van der Waals surface area contributed by atoms with Gasteiger partial charge in [0.15, 0.2) is 0 Å². The van der Waals surface area contributed by atoms with E-state index in [1.165, 1.54) is 4.90 Å². The van der Waals surface area contributed by atoms with Crippen molar-refractivity contribution in [2.24, 2.45) is 0 Å². The molecule has 0 radical (unpaired) electrons. The third-order valence-electron chi connectivity index (χ3n) is 3.10. The molecule has 2 unspecified atom stereocenters. The van der Waals surface area contributed by atoms with Crippen LogP contribution in [0.3, 0.4) is 0 Å². The summed E-state index contributed by atoms with van der Waals surface area (Å²) < 4.78 is 0. The molecule has 1 rings (SSSR count). The standard InChI is InChI=1S/C12H20ClNO3/c1-2-3-4-5-6-10(12(16)17)14-8-9(13)7-11(14)15/h9-10H,2-8H2,1H3,(H,16,17). The fraction of sp³-hybridized carbons (Fsp3) is 0.833. The lowest BCUT2D eigenvalue weighted by atomic mass is 10.1. The minimum atomic E-state index is -0.916. The molecule has 0 aromatic heterocycles. The Balaban J connectivity index is 2.48. The van der Waals surface area contributed by atoms with Gasteiger partial charge in [-0.1, -0.05) is 32.6 Å². The molecule has 5 heteroatoms. The highest BCUT2D eigenvalue weighted by Crippen LogP contribution is 2.22. The van der Waals surface area contributed by atoms with Crippen LogP contribution in [0.5, 0.6) is 0 Å². The van der Waals surface area contributed by atoms with Crippen LogP contribution in [0.15, 0.2) is 0 Å². The van der Waals surface area contributed by atoms with Crippen molar-refractivity contribution in [2.75, 3.05) is 6.54 Å². The van der Waals surface area contributed by atoms with Gasteiger partial charge in [0.05, 0.1) is 5.38 Å². The average Bonchev–Trinajstić information content (AvgIpc) is 2.57. The van der Waals surface area contributed by atoms with Crippen molar-refractivity contribution in [3.63, 3.8) is 0 Å². The van der Waals surface area contributed by atoms with Gasteiger partial charge in [-0.25, -0.2) is 4.79 Å². The van der Waals surface area contributed by atoms with E-state index in [1.807, 2.05) is 0 Å². The van der Waals surface area contributed by atoms with Crippen LogP contribution in [-0.2, 0) is 9.59 Å². The molecular weight excluding hydrogens is 242 g/mol. The van der Waals surface area contributed by atoms with Gasteiger partial charge < -0.3 is 10.0 Å². The molecule has 17 heavy (non-hydrogen) atoms. The van der Waals surface area contributed by atoms with E-state index in [0.29, 0.717) is 13.0 Å². The van der Waals surface area contributed by atoms with Gasteiger partial charge >= 0.3 is 5.97 Å². The fourth-order valence-electron chi connectivity index (χ4n) is 2.16. The lowest BCUT2D eigenvalue weighted by Crippen LogP contribution is -2.42. The number of likely N-dealkylation sites (tertiary alicyclic amines) is 1. The summed E-state index contributed by atoms with van der Waals surface area (Å²) in [5, 5.41) is 8.92. The minimum absolute atomic E-state index is 0.132. The first-order valence-corrected chi connectivity index (χ1v) is 6.66. The van der Waals surface area contributed by atoms with Crippen LogP contribution < -0.4 is 0 Å². The van der Waals surface area contributed by atoms with Crippen LogP contribution >= 0.6 is 11.6 Å². The number of hydrogen-bond donors (Lipinski definition) is 1. The average molecular weight is 262 g/mol. The van der Waals surface area contributed by atoms with E-state index in [0.717, 1.165) is 25.7 Å². The van der Waals surface area contributed by atoms with E-state index < -0.39 is 12.0 Å². The summed E-state index contributed by atoms with van der Waals surface area (Å²) in [6.07, 6.45) is 4.89. The Morgan fingerprint density at radius 3 is 2.71 bits per heavy atom. The number of carboxylic acids is 1. The van der Waals surface area contributed by atoms with E-state index in [1.54, 1.807) is 0 Å². The number of alkyl halides is 1. The molecule has 1 saturated heterocycles. The van der Waals surface area contributed by atoms with Crippen molar-refractivity contribution in [3.05, 3.63) is 0 Å². The van der Waals surface area contributed by atoms with Crippen molar-refractivity contribution in [1.29, 1.82) is 0 Å². The highest BCUT2D eigenvalue weighted by Gasteiger charge is 2.36. The zero-order chi connectivity index (χ0) is 12.8. The summed E-state index contributed by atoms with van der Waals surface area (Å²) >= 11 is 5.88. The van der Waals surface area contributed by atoms with Crippen molar-refractivity contribution >= 4 is 23.5 Å². The monoisotopic (exact) mass is 261 g/mol. The molecule has 0 aromatic rings. The summed E-state index contributed by atoms with van der Waals surface area (Å²) in [5.74, 6) is -1.05. The lowest BCUT2D eigenvalue weighted by Gasteiger charge is -2.24. The van der Waals surface area contributed by atoms with Gasteiger partial charge in [0, 0.05) is 13.0 Å². The Morgan fingerprint density at radius 2 is 2.24 bits per heavy atom. The number of carbonyl (C=O) groups excluding carboxylic acids is 1. The second kappa shape index (κ2) is 6.84. The predicted molar refractivity (Wildman–Crippen MR) is 66.2 cm³/mol. The number of rotatable bonds is 7. The van der Waals surface area contributed by atoms with Crippen LogP contribution in [0.4, 0.5) is 0 Å². The number of carbonyl (C=O) groups is 2. The van der Waals surface area contributed by atoms with Crippen molar-refractivity contribution in [1.82, 2.24) is 4.90 Å². The summed E-state index contributed by atoms with van der Waals surface area (Å²) in [5.41, 5.74) is 0. The smallest absolute Gasteiger partial charge is 0.326 e. The maximum Gasteiger partial charge on any atom is 0.326 e. The zero-order valence-corrected chi connectivity index (χ0v) is 10.9. The molecule has 0 bridgehead atoms. The SMILES string of the molecule is CCCCCCC(C(=O)O)N1CC(Cl)CC1=O. The molecule has 0 aliphatic carbocycles. The second-order valence-corrected chi connectivity index (χ2v) is 5.17. The first kappa shape index (κ1) is 14.3. The van der Waals surface area contributed by atoms with Crippen LogP contribution in [-0.4, -0.2) is 39.8 Å². The molecule has 1 aliphatic rings. The highest BCUT2D eigenvalue weighted by atomic mass is 35.5. The van der Waals surface area contributed by atoms with Gasteiger partial charge in [0.2, 0.25) is 5.91 Å². The molecule has 1 amide bonds. The Hall–Kier alpha value is -0.770. The number of nitrogens with zero attached hydrogens (tertiary/aromatic N) is 1. The molecule has 4 nitrogen and oxygen atoms in total. The van der Waals surface area contributed by atoms with Gasteiger partial charge in [-0.2, -0.15) is 0 Å². The van der Waals surface area contributed by atoms with Crippen molar-refractivity contribution in [2.45, 2.75) is 56.9 Å². The quantitative estimate of drug-likeness (QED) is 0.565. The van der Waals surface area contributed by atoms with Gasteiger partial charge in [-0.3, -0.25) is 4.79 Å². The van der Waals surface area contributed by atoms with E-state index in [2.05, 4.69) is 6.92 Å². The summed E-state index contributed by atoms with van der Waals surface area (Å²) in [6, 6.07) is -0.692. The summed E-state index contributed by atoms with van der Waals surface area (Å²) in [7, 11) is 0. The first-order chi connectivity index (χ1) is 8.06. The van der Waals surface area contributed by atoms with Crippen molar-refractivity contribution < 1.29 is 14.7 Å². The normalized spacial score (nSPS) is 21.9. The molecule has 98 valence electrons. The molecule has 0 spiro atoms.